The molecule has 4 amide bonds. The first kappa shape index (κ1) is 39.7. The number of nitrogens with zero attached hydrogens (tertiary/aromatic N) is 4. The van der Waals surface area contributed by atoms with Crippen molar-refractivity contribution in [2.45, 2.75) is 75.5 Å². The van der Waals surface area contributed by atoms with Gasteiger partial charge in [0.15, 0.2) is 0 Å². The van der Waals surface area contributed by atoms with Crippen LogP contribution in [0.25, 0.3) is 32.8 Å². The number of benzene rings is 4. The van der Waals surface area contributed by atoms with E-state index in [2.05, 4.69) is 64.1 Å². The van der Waals surface area contributed by atoms with Crippen molar-refractivity contribution in [3.05, 3.63) is 144 Å². The lowest BCUT2D eigenvalue weighted by molar-refractivity contribution is -0.138. The van der Waals surface area contributed by atoms with Gasteiger partial charge in [-0.15, -0.1) is 11.3 Å². The molecule has 2 saturated carbocycles. The number of rotatable bonds is 13. The first-order chi connectivity index (χ1) is 30.4. The van der Waals surface area contributed by atoms with Crippen LogP contribution < -0.4 is 10.6 Å². The second-order valence-corrected chi connectivity index (χ2v) is 18.1. The molecule has 12 heteroatoms. The normalized spacial score (nSPS) is 19.5. The van der Waals surface area contributed by atoms with E-state index >= 15 is 0 Å². The Kier molecular flexibility index (Phi) is 11.0. The van der Waals surface area contributed by atoms with E-state index in [1.807, 2.05) is 82.9 Å². The Morgan fingerprint density at radius 1 is 0.565 bits per heavy atom. The molecule has 314 valence electrons. The zero-order valence-corrected chi connectivity index (χ0v) is 35.2. The molecular weight excluding hydrogens is 795 g/mol. The molecule has 0 spiro atoms. The topological polar surface area (TPSA) is 140 Å². The zero-order chi connectivity index (χ0) is 42.2. The number of likely N-dealkylation sites (tertiary alicyclic amines) is 2. The van der Waals surface area contributed by atoms with Crippen molar-refractivity contribution in [2.24, 2.45) is 11.8 Å². The minimum absolute atomic E-state index is 0.00262. The molecule has 0 unspecified atom stereocenters. The molecule has 62 heavy (non-hydrogen) atoms. The minimum atomic E-state index is -0.729. The monoisotopic (exact) mass is 843 g/mol. The third kappa shape index (κ3) is 8.31. The summed E-state index contributed by atoms with van der Waals surface area (Å²) in [4.78, 5) is 71.8. The molecule has 4 fully saturated rings. The van der Waals surface area contributed by atoms with Gasteiger partial charge in [-0.3, -0.25) is 19.2 Å². The summed E-state index contributed by atoms with van der Waals surface area (Å²) in [5.41, 5.74) is 6.70. The standard InChI is InChI=1S/C50H49N7O4S/c58-46(37-23-24-37)54-43(35-9-3-1-4-10-35)49(60)56-27-7-13-40(56)45-51-29-39(53-45)33-19-15-31(16-20-33)32-17-21-34(22-18-32)42-30-52-48(62-42)41-14-8-28-57(41)50(61)44(36-11-5-2-6-12-36)55-47(59)38-25-26-38/h1-6,9-12,15-22,29-30,37-38,40-41,43-44H,7-8,13-14,23-28H2,(H,51,53)(H,54,58)(H,55,59)/t40-,41-,43+,44+/m0/s1. The summed E-state index contributed by atoms with van der Waals surface area (Å²) in [6.07, 6.45) is 10.6. The Morgan fingerprint density at radius 3 is 1.58 bits per heavy atom. The van der Waals surface area contributed by atoms with Crippen LogP contribution in [0.5, 0.6) is 0 Å². The number of amides is 4. The van der Waals surface area contributed by atoms with E-state index in [0.29, 0.717) is 13.1 Å². The number of carbonyl (C=O) groups excluding carboxylic acids is 4. The molecule has 4 aromatic carbocycles. The van der Waals surface area contributed by atoms with E-state index in [9.17, 15) is 19.2 Å². The van der Waals surface area contributed by atoms with Gasteiger partial charge in [-0.1, -0.05) is 109 Å². The molecule has 3 N–H and O–H groups in total. The lowest BCUT2D eigenvalue weighted by Crippen LogP contribution is -2.43. The average Bonchev–Trinajstić information content (AvgIpc) is 4.07. The van der Waals surface area contributed by atoms with Crippen molar-refractivity contribution in [3.63, 3.8) is 0 Å². The Labute approximate surface area is 365 Å². The maximum absolute atomic E-state index is 14.1. The van der Waals surface area contributed by atoms with Crippen LogP contribution in [0.15, 0.2) is 122 Å². The molecule has 11 nitrogen and oxygen atoms in total. The van der Waals surface area contributed by atoms with Gasteiger partial charge >= 0.3 is 0 Å². The number of hydrogen-bond donors (Lipinski definition) is 3. The lowest BCUT2D eigenvalue weighted by Gasteiger charge is -2.28. The number of aromatic nitrogens is 3. The van der Waals surface area contributed by atoms with Gasteiger partial charge in [0.25, 0.3) is 0 Å². The molecule has 10 rings (SSSR count). The molecule has 0 radical (unpaired) electrons. The van der Waals surface area contributed by atoms with Gasteiger partial charge in [0, 0.05) is 31.1 Å². The van der Waals surface area contributed by atoms with Crippen molar-refractivity contribution in [1.82, 2.24) is 35.4 Å². The largest absolute Gasteiger partial charge is 0.340 e. The quantitative estimate of drug-likeness (QED) is 0.106. The second-order valence-electron chi connectivity index (χ2n) is 17.0. The van der Waals surface area contributed by atoms with E-state index in [0.717, 1.165) is 106 Å². The van der Waals surface area contributed by atoms with E-state index in [-0.39, 0.29) is 47.5 Å². The van der Waals surface area contributed by atoms with Gasteiger partial charge in [0.1, 0.15) is 22.9 Å². The number of nitrogens with one attached hydrogen (secondary N) is 3. The average molecular weight is 844 g/mol. The molecular formula is C50H49N7O4S. The van der Waals surface area contributed by atoms with Crippen molar-refractivity contribution in [2.75, 3.05) is 13.1 Å². The molecule has 2 aliphatic heterocycles. The van der Waals surface area contributed by atoms with Gasteiger partial charge in [-0.2, -0.15) is 0 Å². The maximum Gasteiger partial charge on any atom is 0.250 e. The van der Waals surface area contributed by atoms with Gasteiger partial charge in [-0.05, 0) is 84.7 Å². The number of carbonyl (C=O) groups is 4. The van der Waals surface area contributed by atoms with Gasteiger partial charge < -0.3 is 25.4 Å². The Morgan fingerprint density at radius 2 is 1.05 bits per heavy atom. The highest BCUT2D eigenvalue weighted by molar-refractivity contribution is 7.15. The fourth-order valence-corrected chi connectivity index (χ4v) is 9.98. The summed E-state index contributed by atoms with van der Waals surface area (Å²) in [6, 6.07) is 34.2. The zero-order valence-electron chi connectivity index (χ0n) is 34.4. The lowest BCUT2D eigenvalue weighted by atomic mass is 10.0. The summed E-state index contributed by atoms with van der Waals surface area (Å²) < 4.78 is 0. The van der Waals surface area contributed by atoms with E-state index in [1.165, 1.54) is 0 Å². The van der Waals surface area contributed by atoms with E-state index in [1.54, 1.807) is 11.3 Å². The smallest absolute Gasteiger partial charge is 0.250 e. The first-order valence-electron chi connectivity index (χ1n) is 21.9. The Balaban J connectivity index is 0.797. The molecule has 6 aromatic rings. The summed E-state index contributed by atoms with van der Waals surface area (Å²) >= 11 is 1.62. The number of H-pyrrole nitrogens is 1. The third-order valence-corrected chi connectivity index (χ3v) is 13.9. The fraction of sp³-hybridized carbons (Fsp3) is 0.320. The molecule has 0 bridgehead atoms. The van der Waals surface area contributed by atoms with Crippen molar-refractivity contribution >= 4 is 35.0 Å². The fourth-order valence-electron chi connectivity index (χ4n) is 8.91. The number of imidazole rings is 1. The van der Waals surface area contributed by atoms with Crippen LogP contribution in [0.1, 0.15) is 97.5 Å². The summed E-state index contributed by atoms with van der Waals surface area (Å²) in [5, 5.41) is 7.03. The molecule has 2 aromatic heterocycles. The highest BCUT2D eigenvalue weighted by Crippen LogP contribution is 2.40. The van der Waals surface area contributed by atoms with Crippen molar-refractivity contribution in [3.8, 4) is 32.8 Å². The van der Waals surface area contributed by atoms with Gasteiger partial charge in [-0.25, -0.2) is 9.97 Å². The van der Waals surface area contributed by atoms with Crippen molar-refractivity contribution in [1.29, 1.82) is 0 Å². The predicted molar refractivity (Wildman–Crippen MR) is 238 cm³/mol. The van der Waals surface area contributed by atoms with Crippen molar-refractivity contribution < 1.29 is 19.2 Å². The first-order valence-corrected chi connectivity index (χ1v) is 22.7. The van der Waals surface area contributed by atoms with Crippen LogP contribution in [0.2, 0.25) is 0 Å². The Hall–Kier alpha value is -6.40. The van der Waals surface area contributed by atoms with Crippen LogP contribution in [0.3, 0.4) is 0 Å². The number of thiazole rings is 1. The van der Waals surface area contributed by atoms with Crippen LogP contribution in [0, 0.1) is 11.8 Å². The van der Waals surface area contributed by atoms with Crippen LogP contribution in [-0.2, 0) is 19.2 Å². The minimum Gasteiger partial charge on any atom is -0.340 e. The molecule has 4 heterocycles. The second kappa shape index (κ2) is 17.2. The number of aromatic amines is 1. The van der Waals surface area contributed by atoms with E-state index in [4.69, 9.17) is 9.97 Å². The molecule has 2 aliphatic carbocycles. The predicted octanol–water partition coefficient (Wildman–Crippen LogP) is 8.73. The SMILES string of the molecule is O=C(N[C@@H](C(=O)N1CCC[C@H]1c1ncc(-c2ccc(-c3ccc(-c4cnc([C@@H]5CCCN5C(=O)[C@H](NC(=O)C5CC5)c5ccccc5)s4)cc3)cc2)[nH]1)c1ccccc1)C1CC1. The third-order valence-electron chi connectivity index (χ3n) is 12.7. The maximum atomic E-state index is 14.1. The van der Waals surface area contributed by atoms with Crippen LogP contribution >= 0.6 is 11.3 Å². The van der Waals surface area contributed by atoms with Gasteiger partial charge in [0.2, 0.25) is 23.6 Å². The summed E-state index contributed by atoms with van der Waals surface area (Å²) in [7, 11) is 0. The Bertz CT molecular complexity index is 2390. The molecule has 4 aliphatic rings. The van der Waals surface area contributed by atoms with Crippen LogP contribution in [0.4, 0.5) is 0 Å². The molecule has 4 atom stereocenters. The number of hydrogen-bond acceptors (Lipinski definition) is 7. The summed E-state index contributed by atoms with van der Waals surface area (Å²) in [6.45, 7) is 1.24. The van der Waals surface area contributed by atoms with Gasteiger partial charge in [0.05, 0.1) is 28.9 Å². The highest BCUT2D eigenvalue weighted by atomic mass is 32.1. The highest BCUT2D eigenvalue weighted by Gasteiger charge is 2.41. The molecule has 2 saturated heterocycles. The van der Waals surface area contributed by atoms with Crippen LogP contribution in [-0.4, -0.2) is 61.5 Å². The van der Waals surface area contributed by atoms with E-state index < -0.39 is 12.1 Å². The summed E-state index contributed by atoms with van der Waals surface area (Å²) in [5.74, 6) is 0.482.